The number of amides is 1. The maximum absolute atomic E-state index is 13.1. The van der Waals surface area contributed by atoms with E-state index in [4.69, 9.17) is 14.2 Å². The molecule has 2 aliphatic rings. The molecule has 0 bridgehead atoms. The van der Waals surface area contributed by atoms with Gasteiger partial charge >= 0.3 is 6.01 Å². The number of carbonyl (C=O) groups excluding carboxylic acids is 1. The van der Waals surface area contributed by atoms with E-state index in [0.29, 0.717) is 34.9 Å². The molecule has 0 radical (unpaired) electrons. The van der Waals surface area contributed by atoms with Crippen LogP contribution in [0.3, 0.4) is 0 Å². The van der Waals surface area contributed by atoms with Gasteiger partial charge in [0.1, 0.15) is 5.75 Å². The van der Waals surface area contributed by atoms with Crippen LogP contribution in [0.1, 0.15) is 48.4 Å². The van der Waals surface area contributed by atoms with E-state index < -0.39 is 0 Å². The molecular weight excluding hydrogens is 394 g/mol. The summed E-state index contributed by atoms with van der Waals surface area (Å²) < 4.78 is 15.8. The third-order valence-electron chi connectivity index (χ3n) is 6.88. The van der Waals surface area contributed by atoms with Crippen molar-refractivity contribution in [3.63, 3.8) is 0 Å². The SMILES string of the molecule is COc1ccc([C@H]2[C@@H]3CCCC[C@H]3[C@@H]2NC(=O)Cc2c(C)nc(OC)nc2OC)cc1. The number of fused-ring (bicyclic) bond motifs is 1. The first kappa shape index (κ1) is 21.4. The van der Waals surface area contributed by atoms with Crippen LogP contribution < -0.4 is 19.5 Å². The van der Waals surface area contributed by atoms with Crippen LogP contribution in [0.25, 0.3) is 0 Å². The maximum atomic E-state index is 13.1. The summed E-state index contributed by atoms with van der Waals surface area (Å²) in [4.78, 5) is 21.6. The molecule has 0 spiro atoms. The highest BCUT2D eigenvalue weighted by atomic mass is 16.5. The van der Waals surface area contributed by atoms with Crippen molar-refractivity contribution in [2.24, 2.45) is 11.8 Å². The molecule has 0 aliphatic heterocycles. The Morgan fingerprint density at radius 2 is 1.71 bits per heavy atom. The minimum atomic E-state index is -0.0253. The molecule has 1 aromatic heterocycles. The molecule has 7 nitrogen and oxygen atoms in total. The standard InChI is InChI=1S/C24H31N3O4/c1-14-19(23(30-3)27-24(25-14)31-4)13-20(28)26-22-18-8-6-5-7-17(18)21(22)15-9-11-16(29-2)12-10-15/h9-12,17-18,21-22H,5-8,13H2,1-4H3,(H,26,28)/t17-,18-,21+,22+/m1/s1. The number of aryl methyl sites for hydroxylation is 1. The Kier molecular flexibility index (Phi) is 6.30. The van der Waals surface area contributed by atoms with Crippen LogP contribution in [-0.4, -0.2) is 43.2 Å². The van der Waals surface area contributed by atoms with Gasteiger partial charge in [-0.05, 0) is 49.3 Å². The van der Waals surface area contributed by atoms with Gasteiger partial charge in [-0.1, -0.05) is 25.0 Å². The second kappa shape index (κ2) is 9.12. The van der Waals surface area contributed by atoms with Crippen molar-refractivity contribution in [1.29, 1.82) is 0 Å². The van der Waals surface area contributed by atoms with E-state index >= 15 is 0 Å². The van der Waals surface area contributed by atoms with Gasteiger partial charge in [0, 0.05) is 17.5 Å². The molecule has 2 aliphatic carbocycles. The van der Waals surface area contributed by atoms with Gasteiger partial charge in [-0.3, -0.25) is 4.79 Å². The molecule has 1 heterocycles. The Morgan fingerprint density at radius 3 is 2.35 bits per heavy atom. The minimum absolute atomic E-state index is 0.0253. The van der Waals surface area contributed by atoms with Gasteiger partial charge in [0.05, 0.1) is 33.4 Å². The lowest BCUT2D eigenvalue weighted by Crippen LogP contribution is -2.59. The zero-order chi connectivity index (χ0) is 22.0. The Labute approximate surface area is 183 Å². The Hall–Kier alpha value is -2.83. The van der Waals surface area contributed by atoms with Crippen molar-refractivity contribution in [3.8, 4) is 17.6 Å². The number of aromatic nitrogens is 2. The second-order valence-corrected chi connectivity index (χ2v) is 8.46. The molecule has 2 fully saturated rings. The third-order valence-corrected chi connectivity index (χ3v) is 6.88. The Morgan fingerprint density at radius 1 is 1.00 bits per heavy atom. The van der Waals surface area contributed by atoms with E-state index in [1.807, 2.05) is 19.1 Å². The molecule has 2 aromatic rings. The van der Waals surface area contributed by atoms with Crippen molar-refractivity contribution in [1.82, 2.24) is 15.3 Å². The Bertz CT molecular complexity index is 931. The number of methoxy groups -OCH3 is 3. The van der Waals surface area contributed by atoms with Crippen molar-refractivity contribution in [3.05, 3.63) is 41.1 Å². The smallest absolute Gasteiger partial charge is 0.319 e. The molecule has 0 saturated heterocycles. The quantitative estimate of drug-likeness (QED) is 0.732. The van der Waals surface area contributed by atoms with Crippen LogP contribution in [-0.2, 0) is 11.2 Å². The second-order valence-electron chi connectivity index (χ2n) is 8.46. The molecular formula is C24H31N3O4. The third kappa shape index (κ3) is 4.18. The van der Waals surface area contributed by atoms with Gasteiger partial charge in [-0.2, -0.15) is 4.98 Å². The molecule has 4 rings (SSSR count). The lowest BCUT2D eigenvalue weighted by Gasteiger charge is -2.55. The minimum Gasteiger partial charge on any atom is -0.497 e. The van der Waals surface area contributed by atoms with E-state index in [0.717, 1.165) is 5.75 Å². The average Bonchev–Trinajstić information content (AvgIpc) is 2.79. The molecule has 1 amide bonds. The summed E-state index contributed by atoms with van der Waals surface area (Å²) in [5.41, 5.74) is 2.66. The topological polar surface area (TPSA) is 82.6 Å². The molecule has 1 N–H and O–H groups in total. The fourth-order valence-corrected chi connectivity index (χ4v) is 5.35. The summed E-state index contributed by atoms with van der Waals surface area (Å²) in [6, 6.07) is 8.68. The van der Waals surface area contributed by atoms with Crippen LogP contribution in [0.2, 0.25) is 0 Å². The summed E-state index contributed by atoms with van der Waals surface area (Å²) >= 11 is 0. The first-order valence-corrected chi connectivity index (χ1v) is 10.9. The van der Waals surface area contributed by atoms with Crippen LogP contribution in [0.4, 0.5) is 0 Å². The highest BCUT2D eigenvalue weighted by Crippen LogP contribution is 2.54. The number of benzene rings is 1. The maximum Gasteiger partial charge on any atom is 0.319 e. The fourth-order valence-electron chi connectivity index (χ4n) is 5.35. The molecule has 31 heavy (non-hydrogen) atoms. The van der Waals surface area contributed by atoms with Crippen LogP contribution in [0.5, 0.6) is 17.6 Å². The number of rotatable bonds is 7. The fraction of sp³-hybridized carbons (Fsp3) is 0.542. The summed E-state index contributed by atoms with van der Waals surface area (Å²) in [6.07, 6.45) is 5.10. The lowest BCUT2D eigenvalue weighted by molar-refractivity contribution is -0.124. The van der Waals surface area contributed by atoms with Crippen molar-refractivity contribution in [2.45, 2.75) is 51.0 Å². The first-order chi connectivity index (χ1) is 15.0. The van der Waals surface area contributed by atoms with Gasteiger partial charge in [-0.15, -0.1) is 0 Å². The highest BCUT2D eigenvalue weighted by Gasteiger charge is 2.51. The van der Waals surface area contributed by atoms with Crippen LogP contribution in [0.15, 0.2) is 24.3 Å². The zero-order valence-corrected chi connectivity index (χ0v) is 18.7. The van der Waals surface area contributed by atoms with Crippen molar-refractivity contribution in [2.75, 3.05) is 21.3 Å². The number of nitrogens with zero attached hydrogens (tertiary/aromatic N) is 2. The Balaban J connectivity index is 1.52. The van der Waals surface area contributed by atoms with Crippen molar-refractivity contribution < 1.29 is 19.0 Å². The number of nitrogens with one attached hydrogen (secondary N) is 1. The molecule has 0 unspecified atom stereocenters. The molecule has 2 saturated carbocycles. The number of hydrogen-bond acceptors (Lipinski definition) is 6. The summed E-state index contributed by atoms with van der Waals surface area (Å²) in [6.45, 7) is 1.84. The van der Waals surface area contributed by atoms with Crippen molar-refractivity contribution >= 4 is 5.91 Å². The molecule has 4 atom stereocenters. The largest absolute Gasteiger partial charge is 0.497 e. The van der Waals surface area contributed by atoms with E-state index in [-0.39, 0.29) is 24.4 Å². The van der Waals surface area contributed by atoms with E-state index in [9.17, 15) is 4.79 Å². The van der Waals surface area contributed by atoms with E-state index in [2.05, 4.69) is 27.4 Å². The average molecular weight is 426 g/mol. The predicted octanol–water partition coefficient (Wildman–Crippen LogP) is 3.44. The van der Waals surface area contributed by atoms with Gasteiger partial charge in [0.25, 0.3) is 0 Å². The number of ether oxygens (including phenoxy) is 3. The van der Waals surface area contributed by atoms with Crippen LogP contribution >= 0.6 is 0 Å². The van der Waals surface area contributed by atoms with E-state index in [1.165, 1.54) is 38.4 Å². The molecule has 1 aromatic carbocycles. The van der Waals surface area contributed by atoms with Gasteiger partial charge in [0.15, 0.2) is 0 Å². The summed E-state index contributed by atoms with van der Waals surface area (Å²) in [5, 5.41) is 3.34. The predicted molar refractivity (Wildman–Crippen MR) is 117 cm³/mol. The van der Waals surface area contributed by atoms with Gasteiger partial charge in [0.2, 0.25) is 11.8 Å². The highest BCUT2D eigenvalue weighted by molar-refractivity contribution is 5.80. The molecule has 7 heteroatoms. The summed E-state index contributed by atoms with van der Waals surface area (Å²) in [5.74, 6) is 2.73. The number of carbonyl (C=O) groups is 1. The van der Waals surface area contributed by atoms with Gasteiger partial charge < -0.3 is 19.5 Å². The monoisotopic (exact) mass is 425 g/mol. The van der Waals surface area contributed by atoms with Crippen LogP contribution in [0, 0.1) is 18.8 Å². The first-order valence-electron chi connectivity index (χ1n) is 10.9. The van der Waals surface area contributed by atoms with Gasteiger partial charge in [-0.25, -0.2) is 4.98 Å². The molecule has 166 valence electrons. The number of hydrogen-bond donors (Lipinski definition) is 1. The summed E-state index contributed by atoms with van der Waals surface area (Å²) in [7, 11) is 4.73. The zero-order valence-electron chi connectivity index (χ0n) is 18.7. The lowest BCUT2D eigenvalue weighted by atomic mass is 9.53. The normalized spacial score (nSPS) is 24.5. The van der Waals surface area contributed by atoms with E-state index in [1.54, 1.807) is 14.2 Å².